The number of benzene rings is 1. The highest BCUT2D eigenvalue weighted by molar-refractivity contribution is 5.41. The number of tetrazole rings is 1. The topological polar surface area (TPSA) is 111 Å². The van der Waals surface area contributed by atoms with Gasteiger partial charge in [-0.15, -0.1) is 0 Å². The molecule has 0 N–H and O–H groups in total. The van der Waals surface area contributed by atoms with Gasteiger partial charge in [0, 0.05) is 12.1 Å². The fourth-order valence-electron chi connectivity index (χ4n) is 1.15. The van der Waals surface area contributed by atoms with Crippen molar-refractivity contribution in [2.24, 2.45) is 0 Å². The lowest BCUT2D eigenvalue weighted by molar-refractivity contribution is -0.384. The number of hydrogen-bond donors (Lipinski definition) is 0. The smallest absolute Gasteiger partial charge is 0.258 e. The van der Waals surface area contributed by atoms with Crippen molar-refractivity contribution in [3.05, 3.63) is 40.2 Å². The van der Waals surface area contributed by atoms with Crippen molar-refractivity contribution in [2.75, 3.05) is 0 Å². The molecule has 2 rings (SSSR count). The third-order valence-electron chi connectivity index (χ3n) is 1.87. The first-order chi connectivity index (χ1) is 7.72. The fraction of sp³-hybridized carbons (Fsp3) is 0. The SMILES string of the molecule is N#Cc1nnnn1-c1ccc([N+](=O)[O-])cc1. The lowest BCUT2D eigenvalue weighted by Gasteiger charge is -1.98. The van der Waals surface area contributed by atoms with Crippen molar-refractivity contribution in [1.82, 2.24) is 20.2 Å². The first-order valence-corrected chi connectivity index (χ1v) is 4.15. The Morgan fingerprint density at radius 1 is 1.38 bits per heavy atom. The maximum atomic E-state index is 10.4. The summed E-state index contributed by atoms with van der Waals surface area (Å²) in [6.07, 6.45) is 0. The van der Waals surface area contributed by atoms with Crippen LogP contribution in [0.5, 0.6) is 0 Å². The van der Waals surface area contributed by atoms with E-state index in [9.17, 15) is 10.1 Å². The fourth-order valence-corrected chi connectivity index (χ4v) is 1.15. The van der Waals surface area contributed by atoms with Crippen LogP contribution in [0.3, 0.4) is 0 Å². The monoisotopic (exact) mass is 216 g/mol. The minimum atomic E-state index is -0.505. The number of nitrogens with zero attached hydrogens (tertiary/aromatic N) is 6. The van der Waals surface area contributed by atoms with Gasteiger partial charge < -0.3 is 0 Å². The molecule has 0 amide bonds. The van der Waals surface area contributed by atoms with Crippen LogP contribution in [-0.4, -0.2) is 25.1 Å². The van der Waals surface area contributed by atoms with Crippen LogP contribution in [0.1, 0.15) is 5.82 Å². The molecular weight excluding hydrogens is 212 g/mol. The molecule has 8 nitrogen and oxygen atoms in total. The van der Waals surface area contributed by atoms with Gasteiger partial charge in [0.15, 0.2) is 0 Å². The third kappa shape index (κ3) is 1.57. The van der Waals surface area contributed by atoms with Crippen molar-refractivity contribution in [2.45, 2.75) is 0 Å². The number of rotatable bonds is 2. The molecule has 0 spiro atoms. The van der Waals surface area contributed by atoms with E-state index in [4.69, 9.17) is 5.26 Å². The van der Waals surface area contributed by atoms with E-state index in [1.807, 2.05) is 0 Å². The second kappa shape index (κ2) is 3.74. The van der Waals surface area contributed by atoms with E-state index in [0.717, 1.165) is 0 Å². The molecule has 1 aromatic heterocycles. The van der Waals surface area contributed by atoms with Crippen LogP contribution in [0.4, 0.5) is 5.69 Å². The number of aromatic nitrogens is 4. The number of hydrogen-bond acceptors (Lipinski definition) is 6. The quantitative estimate of drug-likeness (QED) is 0.532. The number of non-ortho nitro benzene ring substituents is 1. The lowest BCUT2D eigenvalue weighted by atomic mass is 10.3. The number of nitro benzene ring substituents is 1. The Morgan fingerprint density at radius 3 is 2.62 bits per heavy atom. The average Bonchev–Trinajstić information content (AvgIpc) is 2.77. The maximum absolute atomic E-state index is 10.4. The maximum Gasteiger partial charge on any atom is 0.269 e. The molecule has 0 saturated carbocycles. The van der Waals surface area contributed by atoms with Gasteiger partial charge >= 0.3 is 0 Å². The molecular formula is C8H4N6O2. The first kappa shape index (κ1) is 9.72. The highest BCUT2D eigenvalue weighted by Gasteiger charge is 2.09. The summed E-state index contributed by atoms with van der Waals surface area (Å²) in [7, 11) is 0. The van der Waals surface area contributed by atoms with Crippen molar-refractivity contribution in [3.63, 3.8) is 0 Å². The van der Waals surface area contributed by atoms with E-state index in [0.29, 0.717) is 5.69 Å². The molecule has 1 heterocycles. The standard InChI is InChI=1S/C8H4N6O2/c9-5-8-10-11-12-13(8)6-1-3-7(4-2-6)14(15)16/h1-4H. The predicted molar refractivity (Wildman–Crippen MR) is 50.5 cm³/mol. The second-order valence-electron chi connectivity index (χ2n) is 2.80. The largest absolute Gasteiger partial charge is 0.269 e. The number of nitriles is 1. The number of nitro groups is 1. The van der Waals surface area contributed by atoms with Crippen LogP contribution in [0.15, 0.2) is 24.3 Å². The van der Waals surface area contributed by atoms with E-state index >= 15 is 0 Å². The van der Waals surface area contributed by atoms with Gasteiger partial charge in [-0.05, 0) is 22.6 Å². The van der Waals surface area contributed by atoms with Gasteiger partial charge in [-0.25, -0.2) is 0 Å². The summed E-state index contributed by atoms with van der Waals surface area (Å²) in [5.41, 5.74) is 0.461. The summed E-state index contributed by atoms with van der Waals surface area (Å²) in [5.74, 6) is 0.0221. The van der Waals surface area contributed by atoms with Crippen molar-refractivity contribution < 1.29 is 4.92 Å². The van der Waals surface area contributed by atoms with Gasteiger partial charge in [0.1, 0.15) is 6.07 Å². The predicted octanol–water partition coefficient (Wildman–Crippen LogP) is 0.442. The molecule has 0 radical (unpaired) electrons. The second-order valence-corrected chi connectivity index (χ2v) is 2.80. The molecule has 0 aliphatic rings. The minimum absolute atomic E-state index is 0.0221. The zero-order valence-corrected chi connectivity index (χ0v) is 7.81. The molecule has 0 atom stereocenters. The van der Waals surface area contributed by atoms with Gasteiger partial charge in [-0.1, -0.05) is 5.10 Å². The summed E-state index contributed by atoms with van der Waals surface area (Å²) in [6, 6.07) is 7.37. The van der Waals surface area contributed by atoms with Crippen molar-refractivity contribution >= 4 is 5.69 Å². The molecule has 16 heavy (non-hydrogen) atoms. The Hall–Kier alpha value is -2.82. The van der Waals surface area contributed by atoms with Crippen LogP contribution < -0.4 is 0 Å². The summed E-state index contributed by atoms with van der Waals surface area (Å²) in [4.78, 5) is 9.92. The molecule has 1 aromatic carbocycles. The Balaban J connectivity index is 2.43. The van der Waals surface area contributed by atoms with Crippen LogP contribution >= 0.6 is 0 Å². The normalized spacial score (nSPS) is 9.69. The van der Waals surface area contributed by atoms with E-state index in [1.165, 1.54) is 28.9 Å². The average molecular weight is 216 g/mol. The van der Waals surface area contributed by atoms with Crippen LogP contribution in [0.2, 0.25) is 0 Å². The van der Waals surface area contributed by atoms with Gasteiger partial charge in [-0.2, -0.15) is 9.94 Å². The third-order valence-corrected chi connectivity index (χ3v) is 1.87. The molecule has 0 aliphatic heterocycles. The van der Waals surface area contributed by atoms with E-state index in [1.54, 1.807) is 6.07 Å². The van der Waals surface area contributed by atoms with Crippen molar-refractivity contribution in [3.8, 4) is 11.8 Å². The first-order valence-electron chi connectivity index (χ1n) is 4.15. The molecule has 0 unspecified atom stereocenters. The summed E-state index contributed by atoms with van der Waals surface area (Å²) < 4.78 is 1.20. The Bertz CT molecular complexity index is 567. The lowest BCUT2D eigenvalue weighted by Crippen LogP contribution is -2.00. The zero-order chi connectivity index (χ0) is 11.5. The summed E-state index contributed by atoms with van der Waals surface area (Å²) in [5, 5.41) is 29.5. The summed E-state index contributed by atoms with van der Waals surface area (Å²) in [6.45, 7) is 0. The molecule has 0 fully saturated rings. The van der Waals surface area contributed by atoms with E-state index in [2.05, 4.69) is 15.5 Å². The summed E-state index contributed by atoms with van der Waals surface area (Å²) >= 11 is 0. The van der Waals surface area contributed by atoms with Gasteiger partial charge in [0.25, 0.3) is 11.5 Å². The van der Waals surface area contributed by atoms with Gasteiger partial charge in [-0.3, -0.25) is 10.1 Å². The highest BCUT2D eigenvalue weighted by atomic mass is 16.6. The molecule has 0 aliphatic carbocycles. The van der Waals surface area contributed by atoms with Gasteiger partial charge in [0.2, 0.25) is 0 Å². The molecule has 78 valence electrons. The van der Waals surface area contributed by atoms with Crippen LogP contribution in [0, 0.1) is 21.4 Å². The van der Waals surface area contributed by atoms with Crippen LogP contribution in [-0.2, 0) is 0 Å². The minimum Gasteiger partial charge on any atom is -0.258 e. The Morgan fingerprint density at radius 2 is 2.06 bits per heavy atom. The molecule has 0 bridgehead atoms. The molecule has 2 aromatic rings. The van der Waals surface area contributed by atoms with E-state index < -0.39 is 4.92 Å². The Kier molecular flexibility index (Phi) is 2.27. The molecule has 8 heteroatoms. The zero-order valence-electron chi connectivity index (χ0n) is 7.81. The highest BCUT2D eigenvalue weighted by Crippen LogP contribution is 2.14. The molecule has 0 saturated heterocycles. The van der Waals surface area contributed by atoms with Crippen molar-refractivity contribution in [1.29, 1.82) is 5.26 Å². The van der Waals surface area contributed by atoms with Crippen LogP contribution in [0.25, 0.3) is 5.69 Å². The Labute approximate surface area is 88.9 Å². The van der Waals surface area contributed by atoms with Gasteiger partial charge in [0.05, 0.1) is 10.6 Å². The van der Waals surface area contributed by atoms with E-state index in [-0.39, 0.29) is 11.5 Å².